The van der Waals surface area contributed by atoms with Gasteiger partial charge >= 0.3 is 0 Å². The quantitative estimate of drug-likeness (QED) is 0.675. The van der Waals surface area contributed by atoms with Gasteiger partial charge in [-0.1, -0.05) is 0 Å². The largest absolute Gasteiger partial charge is 0.493 e. The topological polar surface area (TPSA) is 61.5 Å². The second-order valence-corrected chi connectivity index (χ2v) is 5.10. The van der Waals surface area contributed by atoms with Crippen LogP contribution in [0.5, 0.6) is 11.5 Å². The lowest BCUT2D eigenvalue weighted by molar-refractivity contribution is 0.103. The number of nitrogen functional groups attached to an aromatic ring is 1. The van der Waals surface area contributed by atoms with Crippen LogP contribution in [0.1, 0.15) is 15.9 Å². The van der Waals surface area contributed by atoms with Crippen LogP contribution in [0.2, 0.25) is 0 Å². The Kier molecular flexibility index (Phi) is 4.47. The molecule has 0 aromatic heterocycles. The maximum atomic E-state index is 13.1. The Morgan fingerprint density at radius 3 is 2.29 bits per heavy atom. The molecule has 0 aliphatic heterocycles. The first-order chi connectivity index (χ1) is 9.97. The summed E-state index contributed by atoms with van der Waals surface area (Å²) in [5.41, 5.74) is 6.37. The number of ketones is 1. The van der Waals surface area contributed by atoms with Gasteiger partial charge in [0.1, 0.15) is 5.82 Å². The van der Waals surface area contributed by atoms with Gasteiger partial charge in [0.15, 0.2) is 17.3 Å². The van der Waals surface area contributed by atoms with Gasteiger partial charge in [-0.25, -0.2) is 4.39 Å². The molecule has 0 amide bonds. The van der Waals surface area contributed by atoms with E-state index >= 15 is 0 Å². The standard InChI is InChI=1S/C15H13BrFNO3/c1-20-13-6-10(11(16)7-14(13)21-2)15(19)9-4-3-8(17)5-12(9)18/h3-7H,18H2,1-2H3. The van der Waals surface area contributed by atoms with Crippen molar-refractivity contribution in [1.82, 2.24) is 0 Å². The highest BCUT2D eigenvalue weighted by atomic mass is 79.9. The molecule has 0 radical (unpaired) electrons. The van der Waals surface area contributed by atoms with Crippen LogP contribution in [0.25, 0.3) is 0 Å². The molecule has 0 unspecified atom stereocenters. The van der Waals surface area contributed by atoms with Crippen molar-refractivity contribution in [3.05, 3.63) is 51.7 Å². The van der Waals surface area contributed by atoms with Crippen molar-refractivity contribution in [1.29, 1.82) is 0 Å². The molecule has 2 N–H and O–H groups in total. The lowest BCUT2D eigenvalue weighted by Crippen LogP contribution is -2.07. The Morgan fingerprint density at radius 2 is 1.71 bits per heavy atom. The molecule has 0 spiro atoms. The van der Waals surface area contributed by atoms with Crippen LogP contribution < -0.4 is 15.2 Å². The normalized spacial score (nSPS) is 10.3. The average molecular weight is 354 g/mol. The Balaban J connectivity index is 2.53. The van der Waals surface area contributed by atoms with Gasteiger partial charge in [-0.3, -0.25) is 4.79 Å². The van der Waals surface area contributed by atoms with E-state index in [1.165, 1.54) is 26.4 Å². The van der Waals surface area contributed by atoms with Crippen LogP contribution >= 0.6 is 15.9 Å². The van der Waals surface area contributed by atoms with Crippen LogP contribution in [0.15, 0.2) is 34.8 Å². The minimum absolute atomic E-state index is 0.0849. The Hall–Kier alpha value is -2.08. The van der Waals surface area contributed by atoms with E-state index in [0.717, 1.165) is 6.07 Å². The number of carbonyl (C=O) groups is 1. The van der Waals surface area contributed by atoms with Crippen molar-refractivity contribution in [3.63, 3.8) is 0 Å². The minimum atomic E-state index is -0.490. The maximum Gasteiger partial charge on any atom is 0.196 e. The van der Waals surface area contributed by atoms with E-state index in [9.17, 15) is 9.18 Å². The van der Waals surface area contributed by atoms with Gasteiger partial charge in [-0.05, 0) is 46.3 Å². The summed E-state index contributed by atoms with van der Waals surface area (Å²) in [5.74, 6) is 0.0912. The van der Waals surface area contributed by atoms with E-state index in [2.05, 4.69) is 15.9 Å². The number of hydrogen-bond acceptors (Lipinski definition) is 4. The fraction of sp³-hybridized carbons (Fsp3) is 0.133. The van der Waals surface area contributed by atoms with Gasteiger partial charge in [-0.2, -0.15) is 0 Å². The molecule has 0 aliphatic rings. The zero-order valence-corrected chi connectivity index (χ0v) is 13.0. The summed E-state index contributed by atoms with van der Waals surface area (Å²) in [6.07, 6.45) is 0. The van der Waals surface area contributed by atoms with Crippen molar-refractivity contribution in [3.8, 4) is 11.5 Å². The molecule has 0 saturated heterocycles. The minimum Gasteiger partial charge on any atom is -0.493 e. The second-order valence-electron chi connectivity index (χ2n) is 4.25. The van der Waals surface area contributed by atoms with Gasteiger partial charge in [0.05, 0.1) is 14.2 Å². The summed E-state index contributed by atoms with van der Waals surface area (Å²) in [6.45, 7) is 0. The highest BCUT2D eigenvalue weighted by molar-refractivity contribution is 9.10. The summed E-state index contributed by atoms with van der Waals surface area (Å²) >= 11 is 3.32. The first kappa shape index (κ1) is 15.3. The Morgan fingerprint density at radius 1 is 1.10 bits per heavy atom. The monoisotopic (exact) mass is 353 g/mol. The Bertz CT molecular complexity index is 704. The van der Waals surface area contributed by atoms with Crippen molar-refractivity contribution in [2.45, 2.75) is 0 Å². The fourth-order valence-corrected chi connectivity index (χ4v) is 2.42. The number of benzene rings is 2. The zero-order chi connectivity index (χ0) is 15.6. The molecule has 2 aromatic rings. The summed E-state index contributed by atoms with van der Waals surface area (Å²) in [7, 11) is 2.98. The number of methoxy groups -OCH3 is 2. The summed E-state index contributed by atoms with van der Waals surface area (Å²) in [5, 5.41) is 0. The molecule has 0 heterocycles. The number of ether oxygens (including phenoxy) is 2. The lowest BCUT2D eigenvalue weighted by atomic mass is 10.0. The number of carbonyl (C=O) groups excluding carboxylic acids is 1. The van der Waals surface area contributed by atoms with Crippen LogP contribution in [0.3, 0.4) is 0 Å². The van der Waals surface area contributed by atoms with E-state index in [0.29, 0.717) is 21.5 Å². The van der Waals surface area contributed by atoms with Gasteiger partial charge in [0.25, 0.3) is 0 Å². The summed E-state index contributed by atoms with van der Waals surface area (Å²) in [4.78, 5) is 12.5. The molecule has 21 heavy (non-hydrogen) atoms. The molecule has 6 heteroatoms. The summed E-state index contributed by atoms with van der Waals surface area (Å²) in [6, 6.07) is 6.84. The predicted molar refractivity (Wildman–Crippen MR) is 81.5 cm³/mol. The van der Waals surface area contributed by atoms with E-state index in [1.807, 2.05) is 0 Å². The number of nitrogens with two attached hydrogens (primary N) is 1. The highest BCUT2D eigenvalue weighted by Gasteiger charge is 2.19. The zero-order valence-electron chi connectivity index (χ0n) is 11.4. The molecule has 0 atom stereocenters. The van der Waals surface area contributed by atoms with Crippen LogP contribution in [0, 0.1) is 5.82 Å². The number of anilines is 1. The average Bonchev–Trinajstić information content (AvgIpc) is 2.46. The van der Waals surface area contributed by atoms with Crippen molar-refractivity contribution in [2.24, 2.45) is 0 Å². The smallest absolute Gasteiger partial charge is 0.196 e. The fourth-order valence-electron chi connectivity index (χ4n) is 1.91. The molecule has 0 aliphatic carbocycles. The molecule has 2 aromatic carbocycles. The predicted octanol–water partition coefficient (Wildman–Crippen LogP) is 3.42. The van der Waals surface area contributed by atoms with Crippen LogP contribution in [-0.2, 0) is 0 Å². The van der Waals surface area contributed by atoms with Crippen molar-refractivity contribution < 1.29 is 18.7 Å². The maximum absolute atomic E-state index is 13.1. The first-order valence-corrected chi connectivity index (χ1v) is 6.78. The van der Waals surface area contributed by atoms with E-state index < -0.39 is 5.82 Å². The molecular formula is C15H13BrFNO3. The third kappa shape index (κ3) is 3.00. The first-order valence-electron chi connectivity index (χ1n) is 5.99. The SMILES string of the molecule is COc1cc(Br)c(C(=O)c2ccc(F)cc2N)cc1OC. The molecule has 0 fully saturated rings. The Labute approximate surface area is 129 Å². The van der Waals surface area contributed by atoms with Crippen LogP contribution in [0.4, 0.5) is 10.1 Å². The number of halogens is 2. The van der Waals surface area contributed by atoms with Gasteiger partial charge < -0.3 is 15.2 Å². The summed E-state index contributed by atoms with van der Waals surface area (Å²) < 4.78 is 23.9. The van der Waals surface area contributed by atoms with E-state index in [-0.39, 0.29) is 17.0 Å². The molecule has 4 nitrogen and oxygen atoms in total. The van der Waals surface area contributed by atoms with Crippen molar-refractivity contribution >= 4 is 27.4 Å². The van der Waals surface area contributed by atoms with Crippen LogP contribution in [-0.4, -0.2) is 20.0 Å². The molecule has 0 bridgehead atoms. The highest BCUT2D eigenvalue weighted by Crippen LogP contribution is 2.34. The van der Waals surface area contributed by atoms with E-state index in [4.69, 9.17) is 15.2 Å². The molecule has 2 rings (SSSR count). The molecule has 0 saturated carbocycles. The van der Waals surface area contributed by atoms with E-state index in [1.54, 1.807) is 12.1 Å². The lowest BCUT2D eigenvalue weighted by Gasteiger charge is -2.12. The molecule has 110 valence electrons. The number of rotatable bonds is 4. The van der Waals surface area contributed by atoms with Crippen molar-refractivity contribution in [2.75, 3.05) is 20.0 Å². The van der Waals surface area contributed by atoms with Gasteiger partial charge in [0, 0.05) is 21.3 Å². The van der Waals surface area contributed by atoms with Gasteiger partial charge in [0.2, 0.25) is 0 Å². The number of hydrogen-bond donors (Lipinski definition) is 1. The van der Waals surface area contributed by atoms with Gasteiger partial charge in [-0.15, -0.1) is 0 Å². The second kappa shape index (κ2) is 6.13. The third-order valence-corrected chi connectivity index (χ3v) is 3.63. The third-order valence-electron chi connectivity index (χ3n) is 2.98. The molecular weight excluding hydrogens is 341 g/mol.